The van der Waals surface area contributed by atoms with Crippen molar-refractivity contribution >= 4 is 23.1 Å². The van der Waals surface area contributed by atoms with Crippen molar-refractivity contribution < 1.29 is 24.5 Å². The predicted octanol–water partition coefficient (Wildman–Crippen LogP) is 4.69. The minimum atomic E-state index is -0.742. The topological polar surface area (TPSA) is 105 Å². The van der Waals surface area contributed by atoms with Crippen molar-refractivity contribution in [2.75, 3.05) is 20.3 Å². The van der Waals surface area contributed by atoms with E-state index in [1.54, 1.807) is 4.90 Å². The fraction of sp³-hybridized carbons (Fsp3) is 0.483. The van der Waals surface area contributed by atoms with E-state index in [9.17, 15) is 19.8 Å². The molecule has 1 saturated carbocycles. The van der Waals surface area contributed by atoms with Crippen LogP contribution in [0.25, 0.3) is 11.0 Å². The van der Waals surface area contributed by atoms with Crippen LogP contribution in [0, 0.1) is 5.41 Å². The molecule has 0 saturated heterocycles. The highest BCUT2D eigenvalue weighted by molar-refractivity contribution is 5.82. The molecule has 1 aliphatic carbocycles. The van der Waals surface area contributed by atoms with E-state index in [0.29, 0.717) is 32.4 Å². The summed E-state index contributed by atoms with van der Waals surface area (Å²) in [6, 6.07) is 14.1. The molecule has 5 rings (SSSR count). The first-order valence-electron chi connectivity index (χ1n) is 13.1. The molecule has 0 unspecified atom stereocenters. The van der Waals surface area contributed by atoms with Crippen molar-refractivity contribution in [2.45, 2.75) is 64.0 Å². The highest BCUT2D eigenvalue weighted by Gasteiger charge is 2.40. The predicted molar refractivity (Wildman–Crippen MR) is 139 cm³/mol. The molecular weight excluding hydrogens is 470 g/mol. The summed E-state index contributed by atoms with van der Waals surface area (Å²) in [5, 5.41) is 20.3. The lowest BCUT2D eigenvalue weighted by Gasteiger charge is -2.34. The first-order chi connectivity index (χ1) is 17.8. The molecule has 2 N–H and O–H groups in total. The molecule has 0 radical (unpaired) electrons. The van der Waals surface area contributed by atoms with Gasteiger partial charge in [0.05, 0.1) is 42.8 Å². The number of methoxy groups -OCH3 is 1. The SMILES string of the molecule is COC(=O)N1CCc2ccc3c(nc(C4CCC(C)(C(=O)O)CC4)n3[C@@H](CO)Cc3ccccc3)c2C1. The van der Waals surface area contributed by atoms with Gasteiger partial charge in [-0.15, -0.1) is 0 Å². The molecule has 1 fully saturated rings. The number of nitrogens with zero attached hydrogens (tertiary/aromatic N) is 3. The van der Waals surface area contributed by atoms with Gasteiger partial charge >= 0.3 is 12.1 Å². The van der Waals surface area contributed by atoms with Gasteiger partial charge in [-0.25, -0.2) is 9.78 Å². The van der Waals surface area contributed by atoms with Crippen LogP contribution in [0.5, 0.6) is 0 Å². The van der Waals surface area contributed by atoms with Crippen LogP contribution in [-0.4, -0.2) is 57.0 Å². The van der Waals surface area contributed by atoms with Gasteiger partial charge in [0.25, 0.3) is 0 Å². The largest absolute Gasteiger partial charge is 0.481 e. The van der Waals surface area contributed by atoms with Crippen molar-refractivity contribution in [1.82, 2.24) is 14.5 Å². The van der Waals surface area contributed by atoms with Crippen LogP contribution in [0.3, 0.4) is 0 Å². The standard InChI is InChI=1S/C29H35N3O5/c1-29(27(34)35)13-10-21(11-14-29)26-30-25-23-17-31(28(36)37-2)15-12-20(23)8-9-24(25)32(26)22(18-33)16-19-6-4-3-5-7-19/h3-9,21-22,33H,10-18H2,1-2H3,(H,34,35)/t21?,22-,29?/m1/s1. The summed E-state index contributed by atoms with van der Waals surface area (Å²) >= 11 is 0. The van der Waals surface area contributed by atoms with E-state index in [2.05, 4.69) is 28.8 Å². The number of ether oxygens (including phenoxy) is 1. The molecule has 2 aliphatic rings. The van der Waals surface area contributed by atoms with Crippen molar-refractivity contribution in [3.05, 3.63) is 65.0 Å². The fourth-order valence-corrected chi connectivity index (χ4v) is 6.02. The van der Waals surface area contributed by atoms with E-state index in [-0.39, 0.29) is 24.7 Å². The first-order valence-corrected chi connectivity index (χ1v) is 13.1. The number of aliphatic hydroxyl groups is 1. The average Bonchev–Trinajstić information content (AvgIpc) is 3.31. The molecule has 37 heavy (non-hydrogen) atoms. The molecule has 196 valence electrons. The lowest BCUT2D eigenvalue weighted by molar-refractivity contribution is -0.150. The van der Waals surface area contributed by atoms with E-state index < -0.39 is 11.4 Å². The number of hydrogen-bond donors (Lipinski definition) is 2. The Hall–Kier alpha value is -3.39. The summed E-state index contributed by atoms with van der Waals surface area (Å²) in [7, 11) is 1.40. The Morgan fingerprint density at radius 3 is 2.54 bits per heavy atom. The van der Waals surface area contributed by atoms with Crippen molar-refractivity contribution in [3.63, 3.8) is 0 Å². The molecule has 1 amide bonds. The zero-order chi connectivity index (χ0) is 26.2. The zero-order valence-electron chi connectivity index (χ0n) is 21.5. The number of imidazole rings is 1. The molecule has 1 atom stereocenters. The number of aromatic nitrogens is 2. The maximum atomic E-state index is 12.3. The fourth-order valence-electron chi connectivity index (χ4n) is 6.02. The quantitative estimate of drug-likeness (QED) is 0.504. The monoisotopic (exact) mass is 505 g/mol. The van der Waals surface area contributed by atoms with Crippen LogP contribution < -0.4 is 0 Å². The molecule has 2 heterocycles. The summed E-state index contributed by atoms with van der Waals surface area (Å²) in [6.07, 6.45) is 3.68. The van der Waals surface area contributed by atoms with Gasteiger partial charge in [-0.05, 0) is 62.6 Å². The minimum absolute atomic E-state index is 0.0434. The van der Waals surface area contributed by atoms with Crippen LogP contribution in [-0.2, 0) is 28.9 Å². The Morgan fingerprint density at radius 2 is 1.89 bits per heavy atom. The number of amides is 1. The third-order valence-corrected chi connectivity index (χ3v) is 8.38. The molecule has 3 aromatic rings. The molecule has 2 aromatic carbocycles. The Bertz CT molecular complexity index is 1290. The van der Waals surface area contributed by atoms with Gasteiger partial charge in [-0.3, -0.25) is 4.79 Å². The van der Waals surface area contributed by atoms with Crippen LogP contribution in [0.4, 0.5) is 4.79 Å². The molecular formula is C29H35N3O5. The lowest BCUT2D eigenvalue weighted by atomic mass is 9.71. The van der Waals surface area contributed by atoms with Crippen LogP contribution in [0.2, 0.25) is 0 Å². The van der Waals surface area contributed by atoms with Gasteiger partial charge in [-0.2, -0.15) is 0 Å². The van der Waals surface area contributed by atoms with E-state index in [1.165, 1.54) is 12.7 Å². The molecule has 1 aliphatic heterocycles. The van der Waals surface area contributed by atoms with Gasteiger partial charge in [0.15, 0.2) is 0 Å². The van der Waals surface area contributed by atoms with Crippen LogP contribution in [0.15, 0.2) is 42.5 Å². The molecule has 0 spiro atoms. The third kappa shape index (κ3) is 4.70. The second-order valence-corrected chi connectivity index (χ2v) is 10.7. The van der Waals surface area contributed by atoms with Crippen LogP contribution >= 0.6 is 0 Å². The smallest absolute Gasteiger partial charge is 0.409 e. The average molecular weight is 506 g/mol. The lowest BCUT2D eigenvalue weighted by Crippen LogP contribution is -2.35. The molecule has 8 nitrogen and oxygen atoms in total. The number of carboxylic acids is 1. The second kappa shape index (κ2) is 10.2. The van der Waals surface area contributed by atoms with Gasteiger partial charge in [0.2, 0.25) is 0 Å². The normalized spacial score (nSPS) is 22.5. The highest BCUT2D eigenvalue weighted by atomic mass is 16.5. The number of rotatable bonds is 6. The summed E-state index contributed by atoms with van der Waals surface area (Å²) in [5.41, 5.74) is 4.42. The Morgan fingerprint density at radius 1 is 1.16 bits per heavy atom. The van der Waals surface area contributed by atoms with E-state index >= 15 is 0 Å². The number of aliphatic hydroxyl groups excluding tert-OH is 1. The maximum Gasteiger partial charge on any atom is 0.409 e. The number of carboxylic acid groups (broad SMARTS) is 1. The Kier molecular flexibility index (Phi) is 6.94. The zero-order valence-corrected chi connectivity index (χ0v) is 21.5. The highest BCUT2D eigenvalue weighted by Crippen LogP contribution is 2.44. The summed E-state index contributed by atoms with van der Waals surface area (Å²) in [6.45, 7) is 2.82. The van der Waals surface area contributed by atoms with Crippen molar-refractivity contribution in [1.29, 1.82) is 0 Å². The van der Waals surface area contributed by atoms with Crippen LogP contribution in [0.1, 0.15) is 67.1 Å². The number of carbonyl (C=O) groups is 2. The van der Waals surface area contributed by atoms with Gasteiger partial charge in [0, 0.05) is 18.0 Å². The van der Waals surface area contributed by atoms with E-state index in [4.69, 9.17) is 9.72 Å². The maximum absolute atomic E-state index is 12.3. The molecule has 8 heteroatoms. The van der Waals surface area contributed by atoms with Gasteiger partial charge in [0.1, 0.15) is 5.82 Å². The number of aliphatic carboxylic acids is 1. The number of carbonyl (C=O) groups excluding carboxylic acids is 1. The van der Waals surface area contributed by atoms with E-state index in [0.717, 1.165) is 47.2 Å². The van der Waals surface area contributed by atoms with Crippen molar-refractivity contribution in [2.24, 2.45) is 5.41 Å². The Labute approximate surface area is 216 Å². The van der Waals surface area contributed by atoms with Gasteiger partial charge in [-0.1, -0.05) is 36.4 Å². The van der Waals surface area contributed by atoms with Crippen molar-refractivity contribution in [3.8, 4) is 0 Å². The second-order valence-electron chi connectivity index (χ2n) is 10.7. The number of hydrogen-bond acceptors (Lipinski definition) is 5. The summed E-state index contributed by atoms with van der Waals surface area (Å²) < 4.78 is 7.17. The minimum Gasteiger partial charge on any atom is -0.481 e. The summed E-state index contributed by atoms with van der Waals surface area (Å²) in [5.74, 6) is 0.260. The molecule has 0 bridgehead atoms. The number of fused-ring (bicyclic) bond motifs is 3. The number of benzene rings is 2. The summed E-state index contributed by atoms with van der Waals surface area (Å²) in [4.78, 5) is 31.1. The molecule has 1 aromatic heterocycles. The van der Waals surface area contributed by atoms with Gasteiger partial charge < -0.3 is 24.4 Å². The third-order valence-electron chi connectivity index (χ3n) is 8.38. The Balaban J connectivity index is 1.60. The van der Waals surface area contributed by atoms with E-state index in [1.807, 2.05) is 25.1 Å². The first kappa shape index (κ1) is 25.3.